The minimum atomic E-state index is -0.619. The highest BCUT2D eigenvalue weighted by atomic mass is 16.6. The van der Waals surface area contributed by atoms with Crippen LogP contribution in [0.15, 0.2) is 54.6 Å². The number of methoxy groups -OCH3 is 9. The molecule has 0 heterocycles. The molecular weight excluding hydrogens is 1310 g/mol. The summed E-state index contributed by atoms with van der Waals surface area (Å²) in [6.07, 6.45) is -0.528. The van der Waals surface area contributed by atoms with Crippen molar-refractivity contribution in [2.24, 2.45) is 0 Å². The Balaban J connectivity index is 0.000000742. The number of hydrogen-bond acceptors (Lipinski definition) is 27. The van der Waals surface area contributed by atoms with Crippen molar-refractivity contribution in [2.75, 3.05) is 123 Å². The highest BCUT2D eigenvalue weighted by Gasteiger charge is 2.22. The highest BCUT2D eigenvalue weighted by Crippen LogP contribution is 2.15. The van der Waals surface area contributed by atoms with Gasteiger partial charge in [0, 0.05) is 109 Å². The molecule has 0 saturated carbocycles. The first-order chi connectivity index (χ1) is 47.1. The molecule has 0 aliphatic rings. The monoisotopic (exact) mass is 1400 g/mol. The van der Waals surface area contributed by atoms with Gasteiger partial charge in [-0.15, -0.1) is 0 Å². The maximum absolute atomic E-state index is 12.5. The highest BCUT2D eigenvalue weighted by molar-refractivity contribution is 6.07. The smallest absolute Gasteiger partial charge is 0.307 e. The van der Waals surface area contributed by atoms with Crippen LogP contribution in [0.5, 0.6) is 0 Å². The van der Waals surface area contributed by atoms with Gasteiger partial charge in [0.2, 0.25) is 0 Å². The molecule has 0 aromatic heterocycles. The Hall–Kier alpha value is -11.9. The Bertz CT molecular complexity index is 2660. The second-order valence-electron chi connectivity index (χ2n) is 19.6. The standard InChI is InChI=1S/3C21H27N3O9/c3*1-31-16(25)4-7-22-19(28)13-10-14(20(29)23-8-5-17(26)32-2)12-15(11-13)21(30)24-9-6-18(27)33-3/h3*10-12H,4-9H2,1-3H3,(H,22,28)(H,23,29)(H,24,30). The molecule has 9 N–H and O–H groups in total. The number of ether oxygens (including phenoxy) is 9. The summed E-state index contributed by atoms with van der Waals surface area (Å²) < 4.78 is 40.5. The molecule has 0 aliphatic heterocycles. The van der Waals surface area contributed by atoms with E-state index in [1.54, 1.807) is 0 Å². The normalized spacial score (nSPS) is 9.91. The van der Waals surface area contributed by atoms with Gasteiger partial charge in [0.15, 0.2) is 0 Å². The van der Waals surface area contributed by atoms with Crippen LogP contribution in [0.1, 0.15) is 151 Å². The van der Waals surface area contributed by atoms with E-state index in [2.05, 4.69) is 90.5 Å². The number of carbonyl (C=O) groups excluding carboxylic acids is 18. The zero-order valence-electron chi connectivity index (χ0n) is 55.9. The zero-order chi connectivity index (χ0) is 74.4. The molecule has 0 unspecified atom stereocenters. The molecule has 540 valence electrons. The van der Waals surface area contributed by atoms with Crippen LogP contribution in [0, 0.1) is 0 Å². The number of hydrogen-bond donors (Lipinski definition) is 9. The van der Waals surface area contributed by atoms with E-state index in [0.717, 1.165) is 0 Å². The third kappa shape index (κ3) is 34.9. The molecule has 3 aromatic carbocycles. The number of benzene rings is 3. The van der Waals surface area contributed by atoms with Crippen LogP contribution >= 0.6 is 0 Å². The molecule has 0 fully saturated rings. The van der Waals surface area contributed by atoms with Crippen molar-refractivity contribution in [1.82, 2.24) is 47.9 Å². The van der Waals surface area contributed by atoms with Gasteiger partial charge in [-0.1, -0.05) is 0 Å². The molecule has 9 amide bonds. The van der Waals surface area contributed by atoms with Gasteiger partial charge >= 0.3 is 53.7 Å². The van der Waals surface area contributed by atoms with Crippen LogP contribution in [0.25, 0.3) is 0 Å². The van der Waals surface area contributed by atoms with Gasteiger partial charge in [-0.25, -0.2) is 0 Å². The van der Waals surface area contributed by atoms with Gasteiger partial charge in [-0.3, -0.25) is 86.3 Å². The molecule has 99 heavy (non-hydrogen) atoms. The molecular formula is C63H81N9O27. The summed E-state index contributed by atoms with van der Waals surface area (Å²) in [4.78, 5) is 213. The molecule has 3 rings (SSSR count). The fourth-order valence-corrected chi connectivity index (χ4v) is 7.40. The van der Waals surface area contributed by atoms with E-state index in [9.17, 15) is 86.3 Å². The van der Waals surface area contributed by atoms with Crippen molar-refractivity contribution in [2.45, 2.75) is 57.8 Å². The Kier molecular flexibility index (Phi) is 41.2. The Morgan fingerprint density at radius 3 is 0.333 bits per heavy atom. The second-order valence-corrected chi connectivity index (χ2v) is 19.6. The van der Waals surface area contributed by atoms with Crippen LogP contribution in [0.3, 0.4) is 0 Å². The van der Waals surface area contributed by atoms with Crippen LogP contribution in [0.2, 0.25) is 0 Å². The van der Waals surface area contributed by atoms with E-state index in [1.807, 2.05) is 0 Å². The Morgan fingerprint density at radius 2 is 0.263 bits per heavy atom. The van der Waals surface area contributed by atoms with Crippen molar-refractivity contribution >= 4 is 107 Å². The van der Waals surface area contributed by atoms with Gasteiger partial charge in [0.25, 0.3) is 53.2 Å². The number of carbonyl (C=O) groups is 18. The lowest BCUT2D eigenvalue weighted by atomic mass is 10.0. The average molecular weight is 1400 g/mol. The summed E-state index contributed by atoms with van der Waals surface area (Å²) in [6, 6.07) is 11.4. The number of esters is 9. The fraction of sp³-hybridized carbons (Fsp3) is 0.429. The van der Waals surface area contributed by atoms with Gasteiger partial charge in [-0.05, 0) is 54.6 Å². The first kappa shape index (κ1) is 85.1. The molecule has 0 radical (unpaired) electrons. The third-order valence-electron chi connectivity index (χ3n) is 12.7. The lowest BCUT2D eigenvalue weighted by Crippen LogP contribution is -2.30. The van der Waals surface area contributed by atoms with E-state index in [0.29, 0.717) is 0 Å². The number of nitrogens with one attached hydrogen (secondary N) is 9. The van der Waals surface area contributed by atoms with E-state index in [-0.39, 0.29) is 167 Å². The first-order valence-electron chi connectivity index (χ1n) is 29.7. The molecule has 36 nitrogen and oxygen atoms in total. The van der Waals surface area contributed by atoms with Gasteiger partial charge in [0.05, 0.1) is 122 Å². The minimum absolute atomic E-state index is 0.00129. The predicted octanol–water partition coefficient (Wildman–Crippen LogP) is -1.30. The molecule has 36 heteroatoms. The third-order valence-corrected chi connectivity index (χ3v) is 12.7. The fourth-order valence-electron chi connectivity index (χ4n) is 7.40. The summed E-state index contributed by atoms with van der Waals surface area (Å²) >= 11 is 0. The molecule has 0 aliphatic carbocycles. The van der Waals surface area contributed by atoms with E-state index in [4.69, 9.17) is 0 Å². The summed E-state index contributed by atoms with van der Waals surface area (Å²) in [5, 5.41) is 22.5. The SMILES string of the molecule is COC(=O)CCNC(=O)c1cc(C(=O)NCCC(=O)OC)cc(C(=O)NCCC(=O)OC)c1.COC(=O)CCNC(=O)c1cc(C(=O)NCCC(=O)OC)cc(C(=O)NCCC(=O)OC)c1.COC(=O)CCNC(=O)c1cc(C(=O)NCCC(=O)OC)cc(C(=O)NCCC(=O)OC)c1. The van der Waals surface area contributed by atoms with Crippen LogP contribution < -0.4 is 47.9 Å². The number of amides is 9. The minimum Gasteiger partial charge on any atom is -0.469 e. The second kappa shape index (κ2) is 47.9. The van der Waals surface area contributed by atoms with Gasteiger partial charge < -0.3 is 90.5 Å². The maximum Gasteiger partial charge on any atom is 0.307 e. The van der Waals surface area contributed by atoms with Crippen LogP contribution in [-0.4, -0.2) is 230 Å². The topological polar surface area (TPSA) is 499 Å². The average Bonchev–Trinajstić information content (AvgIpc) is 0.847. The predicted molar refractivity (Wildman–Crippen MR) is 340 cm³/mol. The van der Waals surface area contributed by atoms with Gasteiger partial charge in [0.1, 0.15) is 0 Å². The number of rotatable bonds is 36. The quantitative estimate of drug-likeness (QED) is 0.0241. The molecule has 0 bridgehead atoms. The zero-order valence-corrected chi connectivity index (χ0v) is 55.9. The van der Waals surface area contributed by atoms with Crippen molar-refractivity contribution in [1.29, 1.82) is 0 Å². The Morgan fingerprint density at radius 1 is 0.182 bits per heavy atom. The van der Waals surface area contributed by atoms with E-state index in [1.165, 1.54) is 119 Å². The maximum atomic E-state index is 12.5. The van der Waals surface area contributed by atoms with E-state index < -0.39 is 107 Å². The largest absolute Gasteiger partial charge is 0.469 e. The van der Waals surface area contributed by atoms with Crippen molar-refractivity contribution in [3.05, 3.63) is 105 Å². The van der Waals surface area contributed by atoms with E-state index >= 15 is 0 Å². The molecule has 3 aromatic rings. The summed E-state index contributed by atoms with van der Waals surface area (Å²) in [5.74, 6) is -10.2. The lowest BCUT2D eigenvalue weighted by Gasteiger charge is -2.11. The Labute approximate surface area is 567 Å². The van der Waals surface area contributed by atoms with Crippen molar-refractivity contribution < 1.29 is 129 Å². The van der Waals surface area contributed by atoms with Crippen LogP contribution in [-0.2, 0) is 85.8 Å². The van der Waals surface area contributed by atoms with Gasteiger partial charge in [-0.2, -0.15) is 0 Å². The first-order valence-corrected chi connectivity index (χ1v) is 29.7. The molecule has 0 saturated heterocycles. The summed E-state index contributed by atoms with van der Waals surface area (Å²) in [7, 11) is 11.0. The van der Waals surface area contributed by atoms with Crippen LogP contribution in [0.4, 0.5) is 0 Å². The van der Waals surface area contributed by atoms with Crippen molar-refractivity contribution in [3.63, 3.8) is 0 Å². The van der Waals surface area contributed by atoms with Crippen molar-refractivity contribution in [3.8, 4) is 0 Å². The molecule has 0 atom stereocenters. The molecule has 0 spiro atoms. The summed E-state index contributed by atoms with van der Waals surface area (Å²) in [6.45, 7) is -0.110. The summed E-state index contributed by atoms with van der Waals surface area (Å²) in [5.41, 5.74) is -0.0117. The lowest BCUT2D eigenvalue weighted by molar-refractivity contribution is -0.141.